The summed E-state index contributed by atoms with van der Waals surface area (Å²) in [6.07, 6.45) is 10.6. The van der Waals surface area contributed by atoms with E-state index in [9.17, 15) is 5.11 Å². The molecule has 1 unspecified atom stereocenters. The maximum Gasteiger partial charge on any atom is 0.159 e. The molecule has 2 aromatic rings. The lowest BCUT2D eigenvalue weighted by Crippen LogP contribution is -2.46. The molecule has 2 heterocycles. The second kappa shape index (κ2) is 7.48. The topological polar surface area (TPSA) is 50.5 Å². The van der Waals surface area contributed by atoms with Crippen LogP contribution in [0.2, 0.25) is 0 Å². The molecule has 1 fully saturated rings. The maximum absolute atomic E-state index is 9.48. The number of hydrogen-bond donors (Lipinski definition) is 1. The first-order chi connectivity index (χ1) is 12.8. The van der Waals surface area contributed by atoms with Gasteiger partial charge in [-0.3, -0.25) is 0 Å². The Morgan fingerprint density at radius 3 is 2.88 bits per heavy atom. The number of aromatic nitrogens is 2. The lowest BCUT2D eigenvalue weighted by molar-refractivity contribution is 0.00330. The number of allylic oxidation sites excluding steroid dienone is 2. The Hall–Kier alpha value is -2.37. The molecule has 5 heteroatoms. The van der Waals surface area contributed by atoms with Gasteiger partial charge in [-0.05, 0) is 38.0 Å². The molecule has 0 saturated carbocycles. The third-order valence-corrected chi connectivity index (χ3v) is 4.93. The van der Waals surface area contributed by atoms with Gasteiger partial charge < -0.3 is 14.7 Å². The van der Waals surface area contributed by atoms with Crippen molar-refractivity contribution < 1.29 is 9.84 Å². The second-order valence-electron chi connectivity index (χ2n) is 6.87. The van der Waals surface area contributed by atoms with Gasteiger partial charge in [0.15, 0.2) is 5.82 Å². The molecular weight excluding hydrogens is 326 g/mol. The van der Waals surface area contributed by atoms with Crippen molar-refractivity contribution in [3.8, 4) is 5.69 Å². The average Bonchev–Trinajstić information content (AvgIpc) is 2.99. The summed E-state index contributed by atoms with van der Waals surface area (Å²) in [5, 5.41) is 16.7. The van der Waals surface area contributed by atoms with Gasteiger partial charge in [0.25, 0.3) is 0 Å². The summed E-state index contributed by atoms with van der Waals surface area (Å²) in [4.78, 5) is 2.23. The van der Waals surface area contributed by atoms with Gasteiger partial charge in [-0.1, -0.05) is 35.9 Å². The molecule has 1 aromatic heterocycles. The van der Waals surface area contributed by atoms with Crippen LogP contribution in [0.15, 0.2) is 36.4 Å². The fraction of sp³-hybridized carbons (Fsp3) is 0.381. The highest BCUT2D eigenvalue weighted by Crippen LogP contribution is 2.14. The Labute approximate surface area is 153 Å². The fourth-order valence-corrected chi connectivity index (χ4v) is 3.50. The van der Waals surface area contributed by atoms with Crippen molar-refractivity contribution in [1.29, 1.82) is 0 Å². The number of rotatable bonds is 3. The van der Waals surface area contributed by atoms with Crippen molar-refractivity contribution in [2.75, 3.05) is 31.2 Å². The first-order valence-corrected chi connectivity index (χ1v) is 9.27. The second-order valence-corrected chi connectivity index (χ2v) is 6.87. The van der Waals surface area contributed by atoms with E-state index >= 15 is 0 Å². The van der Waals surface area contributed by atoms with Crippen LogP contribution in [-0.4, -0.2) is 47.3 Å². The minimum Gasteiger partial charge on any atom is -0.394 e. The zero-order valence-electron chi connectivity index (χ0n) is 15.1. The van der Waals surface area contributed by atoms with Crippen molar-refractivity contribution >= 4 is 18.0 Å². The number of ether oxygens (including phenoxy) is 1. The molecule has 136 valence electrons. The molecule has 0 spiro atoms. The average molecular weight is 351 g/mol. The molecule has 0 amide bonds. The summed E-state index contributed by atoms with van der Waals surface area (Å²) in [6.45, 7) is 4.18. The number of fused-ring (bicyclic) bond motifs is 1. The van der Waals surface area contributed by atoms with E-state index in [1.54, 1.807) is 0 Å². The van der Waals surface area contributed by atoms with Crippen LogP contribution in [0.5, 0.6) is 0 Å². The lowest BCUT2D eigenvalue weighted by atomic mass is 10.2. The highest BCUT2D eigenvalue weighted by molar-refractivity contribution is 5.54. The van der Waals surface area contributed by atoms with Crippen molar-refractivity contribution in [2.45, 2.75) is 25.9 Å². The van der Waals surface area contributed by atoms with Crippen LogP contribution in [-0.2, 0) is 4.74 Å². The monoisotopic (exact) mass is 351 g/mol. The normalized spacial score (nSPS) is 19.9. The number of aliphatic hydroxyl groups is 1. The van der Waals surface area contributed by atoms with Gasteiger partial charge in [-0.15, -0.1) is 5.10 Å². The molecule has 0 radical (unpaired) electrons. The van der Waals surface area contributed by atoms with Gasteiger partial charge >= 0.3 is 0 Å². The van der Waals surface area contributed by atoms with Crippen molar-refractivity contribution in [3.05, 3.63) is 52.5 Å². The number of aliphatic hydroxyl groups excluding tert-OH is 1. The van der Waals surface area contributed by atoms with Gasteiger partial charge in [0.1, 0.15) is 0 Å². The Kier molecular flexibility index (Phi) is 4.91. The molecule has 2 aliphatic rings. The van der Waals surface area contributed by atoms with E-state index in [2.05, 4.69) is 60.4 Å². The molecule has 4 rings (SSSR count). The van der Waals surface area contributed by atoms with Crippen LogP contribution < -0.4 is 15.5 Å². The molecule has 26 heavy (non-hydrogen) atoms. The summed E-state index contributed by atoms with van der Waals surface area (Å²) in [5.41, 5.74) is 2.31. The van der Waals surface area contributed by atoms with Crippen molar-refractivity contribution in [1.82, 2.24) is 9.78 Å². The number of aryl methyl sites for hydroxylation is 1. The van der Waals surface area contributed by atoms with E-state index in [4.69, 9.17) is 9.84 Å². The Morgan fingerprint density at radius 2 is 2.08 bits per heavy atom. The SMILES string of the molecule is Cc1ccc(-n2nc(N3CCOC(CO)C3)c3c2=CCCC=CC=3)cc1. The molecule has 1 aliphatic carbocycles. The Bertz CT molecular complexity index is 912. The van der Waals surface area contributed by atoms with Crippen LogP contribution in [0.25, 0.3) is 17.8 Å². The van der Waals surface area contributed by atoms with Crippen LogP contribution in [0.3, 0.4) is 0 Å². The molecule has 5 nitrogen and oxygen atoms in total. The van der Waals surface area contributed by atoms with Crippen LogP contribution in [0, 0.1) is 6.92 Å². The van der Waals surface area contributed by atoms with Crippen molar-refractivity contribution in [3.63, 3.8) is 0 Å². The molecule has 1 aromatic carbocycles. The summed E-state index contributed by atoms with van der Waals surface area (Å²) in [7, 11) is 0. The third-order valence-electron chi connectivity index (χ3n) is 4.93. The van der Waals surface area contributed by atoms with Crippen LogP contribution >= 0.6 is 0 Å². The van der Waals surface area contributed by atoms with E-state index in [1.807, 2.05) is 4.68 Å². The summed E-state index contributed by atoms with van der Waals surface area (Å²) in [6, 6.07) is 8.47. The summed E-state index contributed by atoms with van der Waals surface area (Å²) < 4.78 is 7.66. The molecular formula is C21H25N3O2. The molecule has 0 bridgehead atoms. The van der Waals surface area contributed by atoms with E-state index in [0.717, 1.165) is 41.5 Å². The van der Waals surface area contributed by atoms with Gasteiger partial charge in [-0.2, -0.15) is 0 Å². The lowest BCUT2D eigenvalue weighted by Gasteiger charge is -2.32. The van der Waals surface area contributed by atoms with E-state index in [1.165, 1.54) is 5.56 Å². The Morgan fingerprint density at radius 1 is 1.23 bits per heavy atom. The number of morpholine rings is 1. The van der Waals surface area contributed by atoms with E-state index in [-0.39, 0.29) is 12.7 Å². The molecule has 1 aliphatic heterocycles. The van der Waals surface area contributed by atoms with Gasteiger partial charge in [-0.25, -0.2) is 4.68 Å². The molecule has 1 saturated heterocycles. The first-order valence-electron chi connectivity index (χ1n) is 9.27. The molecule has 1 N–H and O–H groups in total. The third kappa shape index (κ3) is 3.32. The summed E-state index contributed by atoms with van der Waals surface area (Å²) in [5.74, 6) is 0.963. The Balaban J connectivity index is 1.86. The van der Waals surface area contributed by atoms with Crippen molar-refractivity contribution in [2.24, 2.45) is 0 Å². The fourth-order valence-electron chi connectivity index (χ4n) is 3.50. The zero-order chi connectivity index (χ0) is 17.9. The van der Waals surface area contributed by atoms with Crippen LogP contribution in [0.1, 0.15) is 18.4 Å². The van der Waals surface area contributed by atoms with E-state index < -0.39 is 0 Å². The zero-order valence-corrected chi connectivity index (χ0v) is 15.1. The number of hydrogen-bond acceptors (Lipinski definition) is 4. The maximum atomic E-state index is 9.48. The minimum atomic E-state index is -0.156. The smallest absolute Gasteiger partial charge is 0.159 e. The first kappa shape index (κ1) is 17.1. The van der Waals surface area contributed by atoms with Gasteiger partial charge in [0.05, 0.1) is 30.4 Å². The van der Waals surface area contributed by atoms with Gasteiger partial charge in [0, 0.05) is 18.3 Å². The quantitative estimate of drug-likeness (QED) is 0.905. The number of nitrogens with zero attached hydrogens (tertiary/aromatic N) is 3. The summed E-state index contributed by atoms with van der Waals surface area (Å²) >= 11 is 0. The predicted octanol–water partition coefficient (Wildman–Crippen LogP) is 1.29. The number of anilines is 1. The largest absolute Gasteiger partial charge is 0.394 e. The standard InChI is InChI=1S/C21H25N3O2/c1-16-8-10-17(11-9-16)24-20-7-5-3-2-4-6-19(20)21(22-24)23-12-13-26-18(14-23)15-25/h2,4,6-11,18,25H,3,5,12-15H2,1H3. The van der Waals surface area contributed by atoms with Crippen LogP contribution in [0.4, 0.5) is 5.82 Å². The van der Waals surface area contributed by atoms with E-state index in [0.29, 0.717) is 13.2 Å². The molecule has 1 atom stereocenters. The number of benzene rings is 1. The predicted molar refractivity (Wildman–Crippen MR) is 104 cm³/mol. The highest BCUT2D eigenvalue weighted by atomic mass is 16.5. The highest BCUT2D eigenvalue weighted by Gasteiger charge is 2.23. The van der Waals surface area contributed by atoms with Gasteiger partial charge in [0.2, 0.25) is 0 Å². The minimum absolute atomic E-state index is 0.0348.